The zero-order valence-corrected chi connectivity index (χ0v) is 20.4. The summed E-state index contributed by atoms with van der Waals surface area (Å²) in [6.45, 7) is 3.43. The number of hydrogen-bond donors (Lipinski definition) is 3. The molecule has 0 aliphatic carbocycles. The second kappa shape index (κ2) is 10.8. The standard InChI is InChI=1S/C25H28F2N8O2/c1-14(2)17-6-7-18(32-24(17)27)22(23-19-5-3-4-8-34(19)13-30-23)33-25(37)20-9-15(26)12-35(20)21(36)10-16(28)11-31-29/h3-8,11,13-15,20,22,29H,9-10,12,28H2,1-2H3,(H,33,37)/b16-11-,31-29?/t15-,20+,22?/m1/s1. The van der Waals surface area contributed by atoms with E-state index in [1.807, 2.05) is 19.9 Å². The third-order valence-corrected chi connectivity index (χ3v) is 6.31. The predicted octanol–water partition coefficient (Wildman–Crippen LogP) is 3.36. The van der Waals surface area contributed by atoms with Crippen molar-refractivity contribution in [1.82, 2.24) is 24.6 Å². The van der Waals surface area contributed by atoms with E-state index in [-0.39, 0.29) is 36.7 Å². The molecule has 1 fully saturated rings. The largest absolute Gasteiger partial charge is 0.400 e. The smallest absolute Gasteiger partial charge is 0.243 e. The number of halogens is 2. The number of carbonyl (C=O) groups excluding carboxylic acids is 2. The van der Waals surface area contributed by atoms with Crippen LogP contribution in [0.4, 0.5) is 8.78 Å². The number of imidazole rings is 1. The number of alkyl halides is 1. The maximum Gasteiger partial charge on any atom is 0.243 e. The van der Waals surface area contributed by atoms with Crippen LogP contribution >= 0.6 is 0 Å². The van der Waals surface area contributed by atoms with Gasteiger partial charge in [-0.15, -0.1) is 0 Å². The zero-order valence-electron chi connectivity index (χ0n) is 20.4. The van der Waals surface area contributed by atoms with E-state index in [9.17, 15) is 18.4 Å². The molecular weight excluding hydrogens is 482 g/mol. The van der Waals surface area contributed by atoms with Crippen LogP contribution in [0.1, 0.15) is 55.6 Å². The summed E-state index contributed by atoms with van der Waals surface area (Å²) in [6.07, 6.45) is 2.45. The average molecular weight is 511 g/mol. The number of fused-ring (bicyclic) bond motifs is 1. The van der Waals surface area contributed by atoms with Gasteiger partial charge in [0.1, 0.15) is 18.3 Å². The van der Waals surface area contributed by atoms with Crippen molar-refractivity contribution in [2.24, 2.45) is 10.8 Å². The van der Waals surface area contributed by atoms with E-state index in [1.54, 1.807) is 41.2 Å². The van der Waals surface area contributed by atoms with E-state index >= 15 is 0 Å². The lowest BCUT2D eigenvalue weighted by Gasteiger charge is -2.26. The second-order valence-corrected chi connectivity index (χ2v) is 9.24. The predicted molar refractivity (Wildman–Crippen MR) is 131 cm³/mol. The molecule has 1 aliphatic rings. The Balaban J connectivity index is 1.68. The fraction of sp³-hybridized carbons (Fsp3) is 0.360. The van der Waals surface area contributed by atoms with Crippen molar-refractivity contribution in [2.75, 3.05) is 6.54 Å². The summed E-state index contributed by atoms with van der Waals surface area (Å²) >= 11 is 0. The number of nitrogens with two attached hydrogens (primary N) is 1. The van der Waals surface area contributed by atoms with E-state index in [0.29, 0.717) is 16.8 Å². The molecule has 1 saturated heterocycles. The molecule has 3 aromatic rings. The molecule has 4 rings (SSSR count). The number of carbonyl (C=O) groups is 2. The van der Waals surface area contributed by atoms with Crippen molar-refractivity contribution >= 4 is 17.3 Å². The summed E-state index contributed by atoms with van der Waals surface area (Å²) in [5, 5.41) is 5.86. The van der Waals surface area contributed by atoms with Crippen LogP contribution in [-0.2, 0) is 9.59 Å². The molecule has 0 saturated carbocycles. The van der Waals surface area contributed by atoms with Crippen LogP contribution < -0.4 is 11.1 Å². The van der Waals surface area contributed by atoms with Gasteiger partial charge in [0.15, 0.2) is 0 Å². The average Bonchev–Trinajstić information content (AvgIpc) is 3.46. The molecule has 2 amide bonds. The van der Waals surface area contributed by atoms with Crippen LogP contribution in [0.3, 0.4) is 0 Å². The molecule has 3 atom stereocenters. The van der Waals surface area contributed by atoms with Crippen molar-refractivity contribution in [3.05, 3.63) is 77.7 Å². The number of likely N-dealkylation sites (tertiary alicyclic amines) is 1. The summed E-state index contributed by atoms with van der Waals surface area (Å²) in [5.41, 5.74) is 14.3. The highest BCUT2D eigenvalue weighted by Crippen LogP contribution is 2.28. The summed E-state index contributed by atoms with van der Waals surface area (Å²) in [7, 11) is 0. The molecule has 1 aliphatic heterocycles. The van der Waals surface area contributed by atoms with Crippen molar-refractivity contribution in [1.29, 1.82) is 5.53 Å². The fourth-order valence-electron chi connectivity index (χ4n) is 4.47. The molecule has 3 aromatic heterocycles. The first kappa shape index (κ1) is 25.9. The first-order valence-electron chi connectivity index (χ1n) is 11.8. The molecular formula is C25H28F2N8O2. The molecule has 0 bridgehead atoms. The fourth-order valence-corrected chi connectivity index (χ4v) is 4.47. The van der Waals surface area contributed by atoms with Gasteiger partial charge in [0.05, 0.1) is 42.4 Å². The lowest BCUT2D eigenvalue weighted by Crippen LogP contribution is -2.47. The van der Waals surface area contributed by atoms with Gasteiger partial charge in [-0.2, -0.15) is 9.50 Å². The lowest BCUT2D eigenvalue weighted by atomic mass is 10.0. The number of amides is 2. The number of pyridine rings is 2. The number of hydrogen-bond acceptors (Lipinski definition) is 7. The van der Waals surface area contributed by atoms with Crippen LogP contribution in [0, 0.1) is 11.5 Å². The molecule has 37 heavy (non-hydrogen) atoms. The number of nitrogens with one attached hydrogen (secondary N) is 2. The quantitative estimate of drug-likeness (QED) is 0.315. The normalized spacial score (nSPS) is 18.8. The van der Waals surface area contributed by atoms with E-state index in [2.05, 4.69) is 20.4 Å². The Morgan fingerprint density at radius 2 is 2.11 bits per heavy atom. The van der Waals surface area contributed by atoms with E-state index < -0.39 is 36.0 Å². The highest BCUT2D eigenvalue weighted by molar-refractivity contribution is 5.89. The molecule has 4 heterocycles. The monoisotopic (exact) mass is 510 g/mol. The summed E-state index contributed by atoms with van der Waals surface area (Å²) in [5.74, 6) is -1.93. The van der Waals surface area contributed by atoms with Gasteiger partial charge < -0.3 is 20.4 Å². The van der Waals surface area contributed by atoms with Gasteiger partial charge in [-0.25, -0.2) is 19.9 Å². The highest BCUT2D eigenvalue weighted by atomic mass is 19.1. The molecule has 0 spiro atoms. The Morgan fingerprint density at radius 3 is 2.81 bits per heavy atom. The van der Waals surface area contributed by atoms with Crippen LogP contribution in [0.15, 0.2) is 59.9 Å². The molecule has 10 nitrogen and oxygen atoms in total. The Morgan fingerprint density at radius 1 is 1.32 bits per heavy atom. The molecule has 194 valence electrons. The Labute approximate surface area is 212 Å². The van der Waals surface area contributed by atoms with Crippen molar-refractivity contribution < 1.29 is 18.4 Å². The highest BCUT2D eigenvalue weighted by Gasteiger charge is 2.41. The summed E-state index contributed by atoms with van der Waals surface area (Å²) in [6, 6.07) is 6.60. The summed E-state index contributed by atoms with van der Waals surface area (Å²) < 4.78 is 31.0. The van der Waals surface area contributed by atoms with E-state index in [0.717, 1.165) is 11.1 Å². The third kappa shape index (κ3) is 5.47. The van der Waals surface area contributed by atoms with Gasteiger partial charge >= 0.3 is 0 Å². The molecule has 0 radical (unpaired) electrons. The minimum absolute atomic E-state index is 0.0220. The second-order valence-electron chi connectivity index (χ2n) is 9.24. The molecule has 0 aromatic carbocycles. The minimum Gasteiger partial charge on any atom is -0.400 e. The summed E-state index contributed by atoms with van der Waals surface area (Å²) in [4.78, 5) is 35.9. The van der Waals surface area contributed by atoms with Crippen LogP contribution in [0.2, 0.25) is 0 Å². The van der Waals surface area contributed by atoms with Crippen LogP contribution in [-0.4, -0.2) is 49.8 Å². The van der Waals surface area contributed by atoms with E-state index in [4.69, 9.17) is 11.3 Å². The van der Waals surface area contributed by atoms with Gasteiger partial charge in [-0.3, -0.25) is 9.59 Å². The number of nitrogens with zero attached hydrogens (tertiary/aromatic N) is 5. The molecule has 12 heteroatoms. The van der Waals surface area contributed by atoms with Crippen molar-refractivity contribution in [3.63, 3.8) is 0 Å². The minimum atomic E-state index is -1.40. The SMILES string of the molecule is CC(C)c1ccc(C(NC(=O)[C@@H]2C[C@@H](F)CN2C(=O)C/C(N)=C/N=N)c2ncn3ccccc23)nc1F. The zero-order chi connectivity index (χ0) is 26.7. The number of aromatic nitrogens is 3. The topological polar surface area (TPSA) is 142 Å². The maximum absolute atomic E-state index is 14.9. The van der Waals surface area contributed by atoms with Gasteiger partial charge in [0.25, 0.3) is 0 Å². The maximum atomic E-state index is 14.9. The van der Waals surface area contributed by atoms with Crippen molar-refractivity contribution in [2.45, 2.75) is 50.9 Å². The first-order chi connectivity index (χ1) is 17.7. The van der Waals surface area contributed by atoms with Gasteiger partial charge in [0.2, 0.25) is 17.8 Å². The van der Waals surface area contributed by atoms with Gasteiger partial charge in [-0.1, -0.05) is 26.0 Å². The lowest BCUT2D eigenvalue weighted by molar-refractivity contribution is -0.138. The Kier molecular flexibility index (Phi) is 7.55. The van der Waals surface area contributed by atoms with Crippen LogP contribution in [0.25, 0.3) is 5.52 Å². The van der Waals surface area contributed by atoms with Crippen molar-refractivity contribution in [3.8, 4) is 0 Å². The molecule has 1 unspecified atom stereocenters. The van der Waals surface area contributed by atoms with Gasteiger partial charge in [-0.05, 0) is 24.1 Å². The number of rotatable bonds is 8. The Hall–Kier alpha value is -4.22. The molecule has 4 N–H and O–H groups in total. The third-order valence-electron chi connectivity index (χ3n) is 6.31. The van der Waals surface area contributed by atoms with E-state index in [1.165, 1.54) is 0 Å². The first-order valence-corrected chi connectivity index (χ1v) is 11.8. The van der Waals surface area contributed by atoms with Gasteiger partial charge in [0, 0.05) is 23.9 Å². The Bertz CT molecular complexity index is 1360. The van der Waals surface area contributed by atoms with Crippen LogP contribution in [0.5, 0.6) is 0 Å².